The number of aryl methyl sites for hydroxylation is 1. The molecule has 0 aliphatic heterocycles. The molecule has 0 spiro atoms. The average Bonchev–Trinajstić information content (AvgIpc) is 2.47. The smallest absolute Gasteiger partial charge is 0.267 e. The minimum atomic E-state index is -0.194. The molecule has 0 saturated heterocycles. The van der Waals surface area contributed by atoms with Crippen LogP contribution in [0.1, 0.15) is 47.8 Å². The van der Waals surface area contributed by atoms with Gasteiger partial charge in [0.05, 0.1) is 6.21 Å². The van der Waals surface area contributed by atoms with Crippen LogP contribution in [0, 0.1) is 6.92 Å². The van der Waals surface area contributed by atoms with Gasteiger partial charge in [-0.1, -0.05) is 63.2 Å². The lowest BCUT2D eigenvalue weighted by Gasteiger charge is -2.18. The van der Waals surface area contributed by atoms with Crippen molar-refractivity contribution in [3.63, 3.8) is 0 Å². The number of carbonyl (C=O) groups is 1. The van der Waals surface area contributed by atoms with E-state index in [1.165, 1.54) is 5.56 Å². The molecule has 0 bridgehead atoms. The highest BCUT2D eigenvalue weighted by molar-refractivity contribution is 5.96. The minimum absolute atomic E-state index is 0.134. The molecule has 0 atom stereocenters. The van der Waals surface area contributed by atoms with Crippen LogP contribution in [0.15, 0.2) is 53.6 Å². The van der Waals surface area contributed by atoms with Gasteiger partial charge in [0.1, 0.15) is 0 Å². The number of carbonyl (C=O) groups excluding carboxylic acids is 1. The Hall–Kier alpha value is -2.42. The number of rotatable bonds is 3. The van der Waals surface area contributed by atoms with E-state index in [4.69, 9.17) is 0 Å². The van der Waals surface area contributed by atoms with Crippen LogP contribution in [-0.2, 0) is 5.41 Å². The van der Waals surface area contributed by atoms with Crippen LogP contribution >= 0.6 is 0 Å². The fraction of sp³-hybridized carbons (Fsp3) is 0.263. The molecule has 0 unspecified atom stereocenters. The highest BCUT2D eigenvalue weighted by Crippen LogP contribution is 2.21. The second-order valence-corrected chi connectivity index (χ2v) is 6.39. The summed E-state index contributed by atoms with van der Waals surface area (Å²) in [5.74, 6) is -0.194. The lowest BCUT2D eigenvalue weighted by atomic mass is 9.87. The van der Waals surface area contributed by atoms with Gasteiger partial charge in [0.15, 0.2) is 0 Å². The molecule has 0 radical (unpaired) electrons. The summed E-state index contributed by atoms with van der Waals surface area (Å²) in [5.41, 5.74) is 6.50. The molecule has 3 heteroatoms. The molecule has 0 heterocycles. The molecule has 0 aliphatic carbocycles. The molecule has 1 N–H and O–H groups in total. The third-order valence-corrected chi connectivity index (χ3v) is 3.55. The number of hydrogen-bond donors (Lipinski definition) is 1. The van der Waals surface area contributed by atoms with E-state index < -0.39 is 0 Å². The van der Waals surface area contributed by atoms with E-state index in [1.807, 2.05) is 37.3 Å². The lowest BCUT2D eigenvalue weighted by molar-refractivity contribution is 0.0954. The second-order valence-electron chi connectivity index (χ2n) is 6.39. The van der Waals surface area contributed by atoms with E-state index >= 15 is 0 Å². The summed E-state index contributed by atoms with van der Waals surface area (Å²) in [5, 5.41) is 4.03. The summed E-state index contributed by atoms with van der Waals surface area (Å²) in [6, 6.07) is 15.6. The van der Waals surface area contributed by atoms with Gasteiger partial charge < -0.3 is 0 Å². The van der Waals surface area contributed by atoms with E-state index in [0.717, 1.165) is 11.1 Å². The Bertz CT molecular complexity index is 679. The summed E-state index contributed by atoms with van der Waals surface area (Å²) < 4.78 is 0. The third-order valence-electron chi connectivity index (χ3n) is 3.55. The highest BCUT2D eigenvalue weighted by atomic mass is 16.2. The number of nitrogens with zero attached hydrogens (tertiary/aromatic N) is 1. The van der Waals surface area contributed by atoms with Crippen LogP contribution < -0.4 is 5.43 Å². The standard InChI is InChI=1S/C19H22N2O/c1-14-7-5-6-8-17(14)18(22)21-20-13-15-9-11-16(12-10-15)19(2,3)4/h5-13H,1-4H3,(H,21,22)/b20-13-. The maximum Gasteiger partial charge on any atom is 0.271 e. The predicted octanol–water partition coefficient (Wildman–Crippen LogP) is 4.06. The van der Waals surface area contributed by atoms with E-state index in [9.17, 15) is 4.79 Å². The Balaban J connectivity index is 2.01. The highest BCUT2D eigenvalue weighted by Gasteiger charge is 2.12. The van der Waals surface area contributed by atoms with Crippen LogP contribution in [0.25, 0.3) is 0 Å². The Labute approximate surface area is 132 Å². The largest absolute Gasteiger partial charge is 0.271 e. The van der Waals surface area contributed by atoms with Crippen molar-refractivity contribution in [1.29, 1.82) is 0 Å². The Morgan fingerprint density at radius 1 is 1.05 bits per heavy atom. The molecule has 0 aliphatic rings. The van der Waals surface area contributed by atoms with Crippen molar-refractivity contribution in [2.24, 2.45) is 5.10 Å². The first kappa shape index (κ1) is 16.0. The van der Waals surface area contributed by atoms with Crippen molar-refractivity contribution in [1.82, 2.24) is 5.43 Å². The van der Waals surface area contributed by atoms with E-state index in [2.05, 4.69) is 43.4 Å². The number of nitrogens with one attached hydrogen (secondary N) is 1. The molecule has 0 aromatic heterocycles. The molecule has 114 valence electrons. The summed E-state index contributed by atoms with van der Waals surface area (Å²) in [4.78, 5) is 12.0. The molecule has 2 aromatic rings. The first-order valence-electron chi connectivity index (χ1n) is 7.37. The van der Waals surface area contributed by atoms with Crippen molar-refractivity contribution in [2.45, 2.75) is 33.1 Å². The van der Waals surface area contributed by atoms with Gasteiger partial charge in [-0.05, 0) is 35.1 Å². The minimum Gasteiger partial charge on any atom is -0.267 e. The molecular weight excluding hydrogens is 272 g/mol. The zero-order valence-electron chi connectivity index (χ0n) is 13.6. The van der Waals surface area contributed by atoms with Crippen molar-refractivity contribution in [2.75, 3.05) is 0 Å². The molecule has 2 rings (SSSR count). The van der Waals surface area contributed by atoms with Crippen LogP contribution in [0.5, 0.6) is 0 Å². The number of benzene rings is 2. The zero-order valence-corrected chi connectivity index (χ0v) is 13.6. The van der Waals surface area contributed by atoms with Gasteiger partial charge >= 0.3 is 0 Å². The van der Waals surface area contributed by atoms with Crippen LogP contribution in [0.4, 0.5) is 0 Å². The summed E-state index contributed by atoms with van der Waals surface area (Å²) in [6.07, 6.45) is 1.66. The van der Waals surface area contributed by atoms with Gasteiger partial charge in [-0.25, -0.2) is 5.43 Å². The quantitative estimate of drug-likeness (QED) is 0.673. The monoisotopic (exact) mass is 294 g/mol. The van der Waals surface area contributed by atoms with E-state index in [-0.39, 0.29) is 11.3 Å². The normalized spacial score (nSPS) is 11.6. The van der Waals surface area contributed by atoms with E-state index in [1.54, 1.807) is 12.3 Å². The Kier molecular flexibility index (Phi) is 4.76. The lowest BCUT2D eigenvalue weighted by Crippen LogP contribution is -2.18. The summed E-state index contributed by atoms with van der Waals surface area (Å²) in [7, 11) is 0. The Morgan fingerprint density at radius 3 is 2.27 bits per heavy atom. The fourth-order valence-electron chi connectivity index (χ4n) is 2.12. The summed E-state index contributed by atoms with van der Waals surface area (Å²) >= 11 is 0. The average molecular weight is 294 g/mol. The molecule has 3 nitrogen and oxygen atoms in total. The van der Waals surface area contributed by atoms with Crippen LogP contribution in [0.3, 0.4) is 0 Å². The first-order valence-corrected chi connectivity index (χ1v) is 7.37. The number of hydrogen-bond acceptors (Lipinski definition) is 2. The van der Waals surface area contributed by atoms with Crippen LogP contribution in [-0.4, -0.2) is 12.1 Å². The Morgan fingerprint density at radius 2 is 1.68 bits per heavy atom. The van der Waals surface area contributed by atoms with Gasteiger partial charge in [-0.15, -0.1) is 0 Å². The molecule has 2 aromatic carbocycles. The molecule has 1 amide bonds. The number of hydrazone groups is 1. The van der Waals surface area contributed by atoms with Crippen molar-refractivity contribution < 1.29 is 4.79 Å². The molecular formula is C19H22N2O. The summed E-state index contributed by atoms with van der Waals surface area (Å²) in [6.45, 7) is 8.44. The maximum absolute atomic E-state index is 12.0. The van der Waals surface area contributed by atoms with Gasteiger partial charge in [0.2, 0.25) is 0 Å². The molecule has 22 heavy (non-hydrogen) atoms. The predicted molar refractivity (Wildman–Crippen MR) is 91.4 cm³/mol. The maximum atomic E-state index is 12.0. The van der Waals surface area contributed by atoms with Crippen molar-refractivity contribution in [3.8, 4) is 0 Å². The van der Waals surface area contributed by atoms with Gasteiger partial charge in [-0.3, -0.25) is 4.79 Å². The van der Waals surface area contributed by atoms with Crippen molar-refractivity contribution in [3.05, 3.63) is 70.8 Å². The second kappa shape index (κ2) is 6.56. The number of amides is 1. The van der Waals surface area contributed by atoms with Crippen molar-refractivity contribution >= 4 is 12.1 Å². The van der Waals surface area contributed by atoms with Gasteiger partial charge in [0, 0.05) is 5.56 Å². The van der Waals surface area contributed by atoms with Gasteiger partial charge in [-0.2, -0.15) is 5.10 Å². The zero-order chi connectivity index (χ0) is 16.2. The fourth-order valence-corrected chi connectivity index (χ4v) is 2.12. The SMILES string of the molecule is Cc1ccccc1C(=O)N/N=C\c1ccc(C(C)(C)C)cc1. The molecule has 0 fully saturated rings. The third kappa shape index (κ3) is 4.04. The topological polar surface area (TPSA) is 41.5 Å². The first-order chi connectivity index (χ1) is 10.4. The van der Waals surface area contributed by atoms with Crippen LogP contribution in [0.2, 0.25) is 0 Å². The van der Waals surface area contributed by atoms with E-state index in [0.29, 0.717) is 5.56 Å². The van der Waals surface area contributed by atoms with Gasteiger partial charge in [0.25, 0.3) is 5.91 Å². The molecule has 0 saturated carbocycles.